The number of rotatable bonds is 9. The number of oxime groups is 1. The molecule has 4 heteroatoms. The summed E-state index contributed by atoms with van der Waals surface area (Å²) in [6, 6.07) is 18.3. The van der Waals surface area contributed by atoms with Gasteiger partial charge in [0.1, 0.15) is 0 Å². The van der Waals surface area contributed by atoms with Gasteiger partial charge in [0.05, 0.1) is 6.21 Å². The first-order chi connectivity index (χ1) is 11.8. The van der Waals surface area contributed by atoms with Crippen molar-refractivity contribution in [1.29, 1.82) is 0 Å². The Morgan fingerprint density at radius 1 is 1.08 bits per heavy atom. The van der Waals surface area contributed by atoms with Crippen LogP contribution in [0.1, 0.15) is 30.0 Å². The summed E-state index contributed by atoms with van der Waals surface area (Å²) in [7, 11) is 0. The Labute approximate surface area is 143 Å². The van der Waals surface area contributed by atoms with Crippen LogP contribution in [0.3, 0.4) is 0 Å². The Kier molecular flexibility index (Phi) is 7.54. The van der Waals surface area contributed by atoms with Crippen LogP contribution in [0.4, 0.5) is 0 Å². The van der Waals surface area contributed by atoms with E-state index in [2.05, 4.69) is 41.7 Å². The molecule has 1 amide bonds. The molecule has 4 nitrogen and oxygen atoms in total. The molecule has 0 atom stereocenters. The normalized spacial score (nSPS) is 10.7. The fourth-order valence-electron chi connectivity index (χ4n) is 2.25. The van der Waals surface area contributed by atoms with E-state index in [0.717, 1.165) is 24.8 Å². The number of hydrogen-bond acceptors (Lipinski definition) is 3. The molecule has 0 aliphatic heterocycles. The third-order valence-corrected chi connectivity index (χ3v) is 3.67. The molecule has 0 unspecified atom stereocenters. The van der Waals surface area contributed by atoms with Crippen LogP contribution in [0.25, 0.3) is 0 Å². The van der Waals surface area contributed by atoms with Crippen LogP contribution in [0.15, 0.2) is 59.8 Å². The zero-order valence-electron chi connectivity index (χ0n) is 14.1. The predicted molar refractivity (Wildman–Crippen MR) is 97.1 cm³/mol. The lowest BCUT2D eigenvalue weighted by molar-refractivity contribution is -0.125. The average molecular weight is 324 g/mol. The zero-order valence-corrected chi connectivity index (χ0v) is 14.1. The molecule has 0 saturated heterocycles. The number of benzene rings is 2. The van der Waals surface area contributed by atoms with E-state index in [4.69, 9.17) is 4.84 Å². The molecule has 0 fully saturated rings. The number of amides is 1. The molecule has 0 radical (unpaired) electrons. The summed E-state index contributed by atoms with van der Waals surface area (Å²) in [6.07, 6.45) is 4.48. The van der Waals surface area contributed by atoms with Gasteiger partial charge in [-0.1, -0.05) is 66.7 Å². The lowest BCUT2D eigenvalue weighted by Crippen LogP contribution is -2.28. The van der Waals surface area contributed by atoms with Gasteiger partial charge in [0.15, 0.2) is 6.61 Å². The van der Waals surface area contributed by atoms with Crippen molar-refractivity contribution in [1.82, 2.24) is 5.32 Å². The molecular formula is C20H24N2O2. The van der Waals surface area contributed by atoms with Crippen molar-refractivity contribution in [2.45, 2.75) is 26.2 Å². The molecule has 2 rings (SSSR count). The molecule has 0 bridgehead atoms. The highest BCUT2D eigenvalue weighted by Gasteiger charge is 2.00. The van der Waals surface area contributed by atoms with Gasteiger partial charge in [-0.25, -0.2) is 0 Å². The summed E-state index contributed by atoms with van der Waals surface area (Å²) in [5.41, 5.74) is 3.51. The molecule has 0 aromatic heterocycles. The largest absolute Gasteiger partial charge is 0.386 e. The van der Waals surface area contributed by atoms with E-state index in [9.17, 15) is 4.79 Å². The molecule has 2 aromatic carbocycles. The third-order valence-electron chi connectivity index (χ3n) is 3.67. The Balaban J connectivity index is 1.58. The van der Waals surface area contributed by atoms with Crippen LogP contribution < -0.4 is 5.32 Å². The maximum atomic E-state index is 11.6. The van der Waals surface area contributed by atoms with Gasteiger partial charge in [0, 0.05) is 6.54 Å². The summed E-state index contributed by atoms with van der Waals surface area (Å²) in [5, 5.41) is 6.66. The van der Waals surface area contributed by atoms with Crippen molar-refractivity contribution >= 4 is 12.1 Å². The van der Waals surface area contributed by atoms with Gasteiger partial charge in [0.25, 0.3) is 5.91 Å². The second-order valence-corrected chi connectivity index (χ2v) is 5.54. The van der Waals surface area contributed by atoms with Crippen LogP contribution in [-0.2, 0) is 22.5 Å². The lowest BCUT2D eigenvalue weighted by atomic mass is 10.1. The van der Waals surface area contributed by atoms with Gasteiger partial charge in [-0.3, -0.25) is 4.79 Å². The minimum absolute atomic E-state index is 0.0606. The third kappa shape index (κ3) is 6.65. The number of nitrogens with one attached hydrogen (secondary N) is 1. The topological polar surface area (TPSA) is 50.7 Å². The van der Waals surface area contributed by atoms with Crippen LogP contribution in [0.5, 0.6) is 0 Å². The molecule has 2 aromatic rings. The van der Waals surface area contributed by atoms with Crippen molar-refractivity contribution in [3.05, 3.63) is 71.3 Å². The van der Waals surface area contributed by atoms with Gasteiger partial charge in [-0.15, -0.1) is 0 Å². The minimum atomic E-state index is -0.151. The smallest absolute Gasteiger partial charge is 0.260 e. The summed E-state index contributed by atoms with van der Waals surface area (Å²) in [5.74, 6) is -0.151. The highest BCUT2D eigenvalue weighted by molar-refractivity contribution is 5.79. The second kappa shape index (κ2) is 10.2. The molecule has 0 aliphatic carbocycles. The van der Waals surface area contributed by atoms with E-state index in [1.54, 1.807) is 6.21 Å². The maximum Gasteiger partial charge on any atom is 0.260 e. The standard InChI is InChI=1S/C20H24N2O2/c1-2-17-10-12-19(13-11-17)15-22-24-16-20(23)21-14-6-9-18-7-4-3-5-8-18/h3-5,7-8,10-13,15H,2,6,9,14,16H2,1H3,(H,21,23)/b22-15-. The van der Waals surface area contributed by atoms with Gasteiger partial charge in [0.2, 0.25) is 0 Å². The lowest BCUT2D eigenvalue weighted by Gasteiger charge is -2.04. The molecule has 0 saturated carbocycles. The number of aryl methyl sites for hydroxylation is 2. The monoisotopic (exact) mass is 324 g/mol. The van der Waals surface area contributed by atoms with Crippen molar-refractivity contribution in [3.63, 3.8) is 0 Å². The molecular weight excluding hydrogens is 300 g/mol. The zero-order chi connectivity index (χ0) is 17.0. The van der Waals surface area contributed by atoms with Crippen LogP contribution in [0, 0.1) is 0 Å². The Morgan fingerprint density at radius 3 is 2.54 bits per heavy atom. The first-order valence-corrected chi connectivity index (χ1v) is 8.33. The van der Waals surface area contributed by atoms with Crippen LogP contribution in [-0.4, -0.2) is 25.3 Å². The van der Waals surface area contributed by atoms with Gasteiger partial charge in [-0.2, -0.15) is 0 Å². The van der Waals surface area contributed by atoms with E-state index in [1.165, 1.54) is 11.1 Å². The maximum absolute atomic E-state index is 11.6. The minimum Gasteiger partial charge on any atom is -0.386 e. The molecule has 0 aliphatic rings. The van der Waals surface area contributed by atoms with Gasteiger partial charge < -0.3 is 10.2 Å². The van der Waals surface area contributed by atoms with Gasteiger partial charge >= 0.3 is 0 Å². The Morgan fingerprint density at radius 2 is 1.83 bits per heavy atom. The first-order valence-electron chi connectivity index (χ1n) is 8.33. The Hall–Kier alpha value is -2.62. The summed E-state index contributed by atoms with van der Waals surface area (Å²) in [4.78, 5) is 16.7. The fraction of sp³-hybridized carbons (Fsp3) is 0.300. The highest BCUT2D eigenvalue weighted by Crippen LogP contribution is 2.03. The highest BCUT2D eigenvalue weighted by atomic mass is 16.6. The van der Waals surface area contributed by atoms with Crippen LogP contribution >= 0.6 is 0 Å². The van der Waals surface area contributed by atoms with Crippen molar-refractivity contribution in [2.24, 2.45) is 5.16 Å². The number of carbonyl (C=O) groups is 1. The van der Waals surface area contributed by atoms with E-state index in [1.807, 2.05) is 30.3 Å². The molecule has 0 heterocycles. The van der Waals surface area contributed by atoms with Crippen molar-refractivity contribution < 1.29 is 9.63 Å². The van der Waals surface area contributed by atoms with E-state index >= 15 is 0 Å². The number of hydrogen-bond donors (Lipinski definition) is 1. The number of nitrogens with zero attached hydrogens (tertiary/aromatic N) is 1. The summed E-state index contributed by atoms with van der Waals surface area (Å²) >= 11 is 0. The molecule has 24 heavy (non-hydrogen) atoms. The fourth-order valence-corrected chi connectivity index (χ4v) is 2.25. The van der Waals surface area contributed by atoms with E-state index in [0.29, 0.717) is 6.54 Å². The second-order valence-electron chi connectivity index (χ2n) is 5.54. The van der Waals surface area contributed by atoms with E-state index in [-0.39, 0.29) is 12.5 Å². The summed E-state index contributed by atoms with van der Waals surface area (Å²) in [6.45, 7) is 2.69. The average Bonchev–Trinajstić information content (AvgIpc) is 2.64. The van der Waals surface area contributed by atoms with Gasteiger partial charge in [-0.05, 0) is 36.0 Å². The summed E-state index contributed by atoms with van der Waals surface area (Å²) < 4.78 is 0. The van der Waals surface area contributed by atoms with E-state index < -0.39 is 0 Å². The molecule has 1 N–H and O–H groups in total. The SMILES string of the molecule is CCc1ccc(/C=N\OCC(=O)NCCCc2ccccc2)cc1. The van der Waals surface area contributed by atoms with Crippen molar-refractivity contribution in [3.8, 4) is 0 Å². The van der Waals surface area contributed by atoms with Crippen LogP contribution in [0.2, 0.25) is 0 Å². The Bertz CT molecular complexity index is 636. The predicted octanol–water partition coefficient (Wildman–Crippen LogP) is 3.35. The molecule has 126 valence electrons. The molecule has 0 spiro atoms. The number of carbonyl (C=O) groups excluding carboxylic acids is 1. The van der Waals surface area contributed by atoms with Crippen molar-refractivity contribution in [2.75, 3.05) is 13.2 Å². The first kappa shape index (κ1) is 17.7. The quantitative estimate of drug-likeness (QED) is 0.437.